The van der Waals surface area contributed by atoms with Gasteiger partial charge in [-0.25, -0.2) is 0 Å². The summed E-state index contributed by atoms with van der Waals surface area (Å²) < 4.78 is 0. The minimum atomic E-state index is -0.331. The Labute approximate surface area is 159 Å². The number of ketones is 1. The van der Waals surface area contributed by atoms with Crippen LogP contribution in [0.15, 0.2) is 103 Å². The number of carbonyl (C=O) groups is 1. The Kier molecular flexibility index (Phi) is 3.75. The van der Waals surface area contributed by atoms with E-state index in [0.717, 1.165) is 28.9 Å². The van der Waals surface area contributed by atoms with Gasteiger partial charge < -0.3 is 4.90 Å². The van der Waals surface area contributed by atoms with Crippen molar-refractivity contribution in [1.82, 2.24) is 0 Å². The molecule has 2 heteroatoms. The molecule has 0 saturated carbocycles. The summed E-state index contributed by atoms with van der Waals surface area (Å²) in [4.78, 5) is 15.6. The molecule has 0 amide bonds. The van der Waals surface area contributed by atoms with Crippen molar-refractivity contribution in [2.45, 2.75) is 12.5 Å². The van der Waals surface area contributed by atoms with Crippen LogP contribution in [-0.2, 0) is 11.2 Å². The monoisotopic (exact) mass is 349 g/mol. The fourth-order valence-electron chi connectivity index (χ4n) is 4.10. The van der Waals surface area contributed by atoms with Crippen LogP contribution in [0.5, 0.6) is 0 Å². The summed E-state index contributed by atoms with van der Waals surface area (Å²) in [6.45, 7) is 0. The highest BCUT2D eigenvalue weighted by molar-refractivity contribution is 6.14. The van der Waals surface area contributed by atoms with Crippen LogP contribution in [0.4, 0.5) is 11.4 Å². The van der Waals surface area contributed by atoms with Gasteiger partial charge >= 0.3 is 0 Å². The number of Topliss-reactive ketones (excluding diaryl/α,β-unsaturated/α-hetero) is 1. The van der Waals surface area contributed by atoms with Gasteiger partial charge in [-0.05, 0) is 41.0 Å². The minimum Gasteiger partial charge on any atom is -0.327 e. The summed E-state index contributed by atoms with van der Waals surface area (Å²) in [5, 5.41) is 0. The summed E-state index contributed by atoms with van der Waals surface area (Å²) in [5.74, 6) is 0.191. The second-order valence-corrected chi connectivity index (χ2v) is 6.94. The average Bonchev–Trinajstić information content (AvgIpc) is 3.11. The Balaban J connectivity index is 1.58. The molecule has 27 heavy (non-hydrogen) atoms. The maximum Gasteiger partial charge on any atom is 0.186 e. The van der Waals surface area contributed by atoms with Crippen molar-refractivity contribution in [3.05, 3.63) is 114 Å². The third-order valence-corrected chi connectivity index (χ3v) is 5.36. The van der Waals surface area contributed by atoms with E-state index in [0.29, 0.717) is 0 Å². The van der Waals surface area contributed by atoms with Crippen molar-refractivity contribution in [3.8, 4) is 0 Å². The van der Waals surface area contributed by atoms with Crippen LogP contribution in [0.2, 0.25) is 0 Å². The molecule has 1 atom stereocenters. The zero-order valence-corrected chi connectivity index (χ0v) is 14.9. The largest absolute Gasteiger partial charge is 0.327 e. The van der Waals surface area contributed by atoms with Crippen molar-refractivity contribution < 1.29 is 4.79 Å². The van der Waals surface area contributed by atoms with Gasteiger partial charge in [-0.15, -0.1) is 0 Å². The predicted octanol–water partition coefficient (Wildman–Crippen LogP) is 5.34. The maximum absolute atomic E-state index is 13.5. The molecule has 5 rings (SSSR count). The molecule has 130 valence electrons. The minimum absolute atomic E-state index is 0.191. The van der Waals surface area contributed by atoms with E-state index in [4.69, 9.17) is 0 Å². The highest BCUT2D eigenvalue weighted by atomic mass is 16.1. The molecule has 0 aliphatic heterocycles. The molecule has 3 aromatic carbocycles. The van der Waals surface area contributed by atoms with Gasteiger partial charge in [0, 0.05) is 23.4 Å². The highest BCUT2D eigenvalue weighted by Gasteiger charge is 2.35. The lowest BCUT2D eigenvalue weighted by atomic mass is 9.91. The first-order valence-corrected chi connectivity index (χ1v) is 9.26. The number of hydrogen-bond donors (Lipinski definition) is 0. The first kappa shape index (κ1) is 15.8. The summed E-state index contributed by atoms with van der Waals surface area (Å²) >= 11 is 0. The molecular formula is C25H19NO. The standard InChI is InChI=1S/C25H19NO/c27-25-23-17-18-9-7-8-14-21(18)22(23)15-16-24(25)26(19-10-3-1-4-11-19)20-12-5-2-6-13-20/h1-16,24H,17H2. The molecule has 0 bridgehead atoms. The van der Waals surface area contributed by atoms with Crippen LogP contribution < -0.4 is 4.90 Å². The third kappa shape index (κ3) is 2.61. The second-order valence-electron chi connectivity index (χ2n) is 6.94. The SMILES string of the molecule is O=C1C2=C(C=CC1N(c1ccccc1)c1ccccc1)c1ccccc1C2. The highest BCUT2D eigenvalue weighted by Crippen LogP contribution is 2.40. The van der Waals surface area contributed by atoms with Gasteiger partial charge in [0.1, 0.15) is 6.04 Å². The number of carbonyl (C=O) groups excluding carboxylic acids is 1. The van der Waals surface area contributed by atoms with E-state index in [1.807, 2.05) is 54.6 Å². The smallest absolute Gasteiger partial charge is 0.186 e. The molecular weight excluding hydrogens is 330 g/mol. The molecule has 0 aromatic heterocycles. The molecule has 2 nitrogen and oxygen atoms in total. The number of hydrogen-bond acceptors (Lipinski definition) is 2. The molecule has 0 saturated heterocycles. The zero-order valence-electron chi connectivity index (χ0n) is 14.9. The quantitative estimate of drug-likeness (QED) is 0.636. The van der Waals surface area contributed by atoms with Crippen LogP contribution in [-0.4, -0.2) is 11.8 Å². The Hall–Kier alpha value is -3.39. The lowest BCUT2D eigenvalue weighted by Gasteiger charge is -2.33. The normalized spacial score (nSPS) is 17.6. The topological polar surface area (TPSA) is 20.3 Å². The number of allylic oxidation sites excluding steroid dienone is 2. The second kappa shape index (κ2) is 6.40. The summed E-state index contributed by atoms with van der Waals surface area (Å²) in [6, 6.07) is 28.3. The maximum atomic E-state index is 13.5. The molecule has 0 fully saturated rings. The number of nitrogens with zero attached hydrogens (tertiary/aromatic N) is 1. The zero-order chi connectivity index (χ0) is 18.2. The van der Waals surface area contributed by atoms with Crippen molar-refractivity contribution in [1.29, 1.82) is 0 Å². The fraction of sp³-hybridized carbons (Fsp3) is 0.0800. The van der Waals surface area contributed by atoms with Crippen molar-refractivity contribution in [2.75, 3.05) is 4.90 Å². The van der Waals surface area contributed by atoms with Crippen LogP contribution >= 0.6 is 0 Å². The van der Waals surface area contributed by atoms with E-state index >= 15 is 0 Å². The molecule has 0 N–H and O–H groups in total. The van der Waals surface area contributed by atoms with Crippen molar-refractivity contribution >= 4 is 22.7 Å². The molecule has 1 unspecified atom stereocenters. The average molecular weight is 349 g/mol. The van der Waals surface area contributed by atoms with Crippen LogP contribution in [0.25, 0.3) is 5.57 Å². The van der Waals surface area contributed by atoms with E-state index in [2.05, 4.69) is 47.4 Å². The van der Waals surface area contributed by atoms with Gasteiger partial charge in [-0.2, -0.15) is 0 Å². The molecule has 2 aliphatic carbocycles. The fourth-order valence-corrected chi connectivity index (χ4v) is 4.10. The van der Waals surface area contributed by atoms with Gasteiger partial charge in [0.15, 0.2) is 5.78 Å². The van der Waals surface area contributed by atoms with Crippen LogP contribution in [0.3, 0.4) is 0 Å². The predicted molar refractivity (Wildman–Crippen MR) is 110 cm³/mol. The Morgan fingerprint density at radius 2 is 1.33 bits per heavy atom. The van der Waals surface area contributed by atoms with E-state index in [1.54, 1.807) is 0 Å². The molecule has 3 aromatic rings. The molecule has 0 spiro atoms. The first-order chi connectivity index (χ1) is 13.3. The summed E-state index contributed by atoms with van der Waals surface area (Å²) in [5.41, 5.74) is 6.50. The van der Waals surface area contributed by atoms with Gasteiger partial charge in [0.25, 0.3) is 0 Å². The van der Waals surface area contributed by atoms with E-state index in [1.165, 1.54) is 11.1 Å². The molecule has 2 aliphatic rings. The number of rotatable bonds is 3. The van der Waals surface area contributed by atoms with Crippen LogP contribution in [0.1, 0.15) is 11.1 Å². The van der Waals surface area contributed by atoms with Gasteiger partial charge in [0.05, 0.1) is 0 Å². The summed E-state index contributed by atoms with van der Waals surface area (Å²) in [7, 11) is 0. The number of fused-ring (bicyclic) bond motifs is 2. The third-order valence-electron chi connectivity index (χ3n) is 5.36. The van der Waals surface area contributed by atoms with Crippen LogP contribution in [0, 0.1) is 0 Å². The number of anilines is 2. The van der Waals surface area contributed by atoms with Gasteiger partial charge in [-0.1, -0.05) is 72.8 Å². The number of benzene rings is 3. The van der Waals surface area contributed by atoms with Gasteiger partial charge in [0.2, 0.25) is 0 Å². The Bertz CT molecular complexity index is 1020. The van der Waals surface area contributed by atoms with E-state index in [9.17, 15) is 4.79 Å². The van der Waals surface area contributed by atoms with Crippen molar-refractivity contribution in [3.63, 3.8) is 0 Å². The Morgan fingerprint density at radius 3 is 2.00 bits per heavy atom. The summed E-state index contributed by atoms with van der Waals surface area (Å²) in [6.07, 6.45) is 4.90. The Morgan fingerprint density at radius 1 is 0.741 bits per heavy atom. The van der Waals surface area contributed by atoms with Gasteiger partial charge in [-0.3, -0.25) is 4.79 Å². The lowest BCUT2D eigenvalue weighted by Crippen LogP contribution is -2.39. The number of para-hydroxylation sites is 2. The molecule has 0 radical (unpaired) electrons. The van der Waals surface area contributed by atoms with E-state index < -0.39 is 0 Å². The van der Waals surface area contributed by atoms with Crippen molar-refractivity contribution in [2.24, 2.45) is 0 Å². The first-order valence-electron chi connectivity index (χ1n) is 9.26. The molecule has 0 heterocycles. The lowest BCUT2D eigenvalue weighted by molar-refractivity contribution is -0.115. The van der Waals surface area contributed by atoms with E-state index in [-0.39, 0.29) is 11.8 Å².